The molecule has 0 unspecified atom stereocenters. The number of benzene rings is 1. The van der Waals surface area contributed by atoms with Crippen LogP contribution in [0.5, 0.6) is 5.75 Å². The van der Waals surface area contributed by atoms with Gasteiger partial charge in [-0.15, -0.1) is 5.10 Å². The van der Waals surface area contributed by atoms with Crippen molar-refractivity contribution in [2.45, 2.75) is 20.0 Å². The van der Waals surface area contributed by atoms with Crippen molar-refractivity contribution in [2.24, 2.45) is 5.10 Å². The summed E-state index contributed by atoms with van der Waals surface area (Å²) in [6.45, 7) is 3.98. The molecule has 3 aromatic rings. The maximum atomic E-state index is 5.61. The molecule has 0 aliphatic heterocycles. The number of ether oxygens (including phenoxy) is 1. The maximum absolute atomic E-state index is 5.61. The number of aromatic nitrogens is 3. The van der Waals surface area contributed by atoms with E-state index in [9.17, 15) is 0 Å². The third kappa shape index (κ3) is 3.57. The highest BCUT2D eigenvalue weighted by atomic mass is 32.1. The van der Waals surface area contributed by atoms with Crippen LogP contribution in [0, 0.1) is 4.77 Å². The molecule has 0 saturated heterocycles. The van der Waals surface area contributed by atoms with Gasteiger partial charge in [0, 0.05) is 0 Å². The van der Waals surface area contributed by atoms with E-state index >= 15 is 0 Å². The Balaban J connectivity index is 1.83. The molecule has 3 rings (SSSR count). The van der Waals surface area contributed by atoms with Crippen molar-refractivity contribution in [3.63, 3.8) is 0 Å². The molecule has 0 atom stereocenters. The summed E-state index contributed by atoms with van der Waals surface area (Å²) < 4.78 is 12.9. The summed E-state index contributed by atoms with van der Waals surface area (Å²) in [4.78, 5) is 0. The first kappa shape index (κ1) is 15.2. The number of rotatable bonds is 5. The largest absolute Gasteiger partial charge is 0.491 e. The van der Waals surface area contributed by atoms with E-state index in [2.05, 4.69) is 15.3 Å². The standard InChI is InChI=1S/C16H16N4O2S/c1-11(2)22-13-7-5-12(6-8-13)10-17-20-15(18-19-16(20)23)14-4-3-9-21-14/h3-11H,1-2H3,(H,19,23)/b17-10-. The first-order valence-electron chi connectivity index (χ1n) is 7.16. The third-order valence-electron chi connectivity index (χ3n) is 2.97. The molecule has 2 heterocycles. The molecule has 1 N–H and O–H groups in total. The highest BCUT2D eigenvalue weighted by Gasteiger charge is 2.10. The minimum absolute atomic E-state index is 0.148. The van der Waals surface area contributed by atoms with Crippen LogP contribution in [-0.2, 0) is 0 Å². The number of hydrogen-bond donors (Lipinski definition) is 1. The van der Waals surface area contributed by atoms with Gasteiger partial charge in [-0.3, -0.25) is 0 Å². The van der Waals surface area contributed by atoms with Gasteiger partial charge >= 0.3 is 0 Å². The molecule has 1 aromatic carbocycles. The number of aromatic amines is 1. The smallest absolute Gasteiger partial charge is 0.219 e. The molecule has 2 aromatic heterocycles. The molecule has 0 bridgehead atoms. The molecule has 23 heavy (non-hydrogen) atoms. The third-order valence-corrected chi connectivity index (χ3v) is 3.23. The van der Waals surface area contributed by atoms with Crippen LogP contribution in [-0.4, -0.2) is 27.2 Å². The van der Waals surface area contributed by atoms with E-state index in [0.717, 1.165) is 11.3 Å². The molecule has 0 radical (unpaired) electrons. The van der Waals surface area contributed by atoms with E-state index in [4.69, 9.17) is 21.4 Å². The second-order valence-corrected chi connectivity index (χ2v) is 5.51. The van der Waals surface area contributed by atoms with Gasteiger partial charge in [0.05, 0.1) is 18.6 Å². The summed E-state index contributed by atoms with van der Waals surface area (Å²) in [5, 5.41) is 11.2. The fourth-order valence-electron chi connectivity index (χ4n) is 1.99. The Labute approximate surface area is 138 Å². The minimum atomic E-state index is 0.148. The predicted octanol–water partition coefficient (Wildman–Crippen LogP) is 3.87. The zero-order chi connectivity index (χ0) is 16.2. The minimum Gasteiger partial charge on any atom is -0.491 e. The average Bonchev–Trinajstić information content (AvgIpc) is 3.16. The van der Waals surface area contributed by atoms with E-state index in [1.807, 2.05) is 38.1 Å². The van der Waals surface area contributed by atoms with Crippen LogP contribution < -0.4 is 4.74 Å². The Bertz CT molecular complexity index is 845. The fourth-order valence-corrected chi connectivity index (χ4v) is 2.17. The van der Waals surface area contributed by atoms with Gasteiger partial charge in [0.15, 0.2) is 5.76 Å². The van der Waals surface area contributed by atoms with Gasteiger partial charge in [-0.2, -0.15) is 9.78 Å². The molecular weight excluding hydrogens is 312 g/mol. The van der Waals surface area contributed by atoms with Crippen LogP contribution in [0.25, 0.3) is 11.6 Å². The lowest BCUT2D eigenvalue weighted by atomic mass is 10.2. The Morgan fingerprint density at radius 1 is 1.30 bits per heavy atom. The van der Waals surface area contributed by atoms with Crippen molar-refractivity contribution in [2.75, 3.05) is 0 Å². The lowest BCUT2D eigenvalue weighted by Crippen LogP contribution is -2.05. The molecule has 0 aliphatic carbocycles. The van der Waals surface area contributed by atoms with Crippen LogP contribution >= 0.6 is 12.2 Å². The SMILES string of the molecule is CC(C)Oc1ccc(/C=N\n2c(-c3ccco3)n[nH]c2=S)cc1. The van der Waals surface area contributed by atoms with Crippen molar-refractivity contribution in [3.8, 4) is 17.3 Å². The van der Waals surface area contributed by atoms with Crippen molar-refractivity contribution < 1.29 is 9.15 Å². The molecule has 0 spiro atoms. The van der Waals surface area contributed by atoms with Gasteiger partial charge in [0.25, 0.3) is 0 Å². The number of H-pyrrole nitrogens is 1. The zero-order valence-electron chi connectivity index (χ0n) is 12.8. The summed E-state index contributed by atoms with van der Waals surface area (Å²) >= 11 is 5.20. The van der Waals surface area contributed by atoms with Crippen molar-refractivity contribution >= 4 is 18.4 Å². The quantitative estimate of drug-likeness (QED) is 0.570. The van der Waals surface area contributed by atoms with Gasteiger partial charge in [-0.1, -0.05) is 0 Å². The first-order chi connectivity index (χ1) is 11.1. The Kier molecular flexibility index (Phi) is 4.38. The van der Waals surface area contributed by atoms with Gasteiger partial charge in [-0.25, -0.2) is 5.10 Å². The molecule has 0 fully saturated rings. The molecule has 0 saturated carbocycles. The van der Waals surface area contributed by atoms with Gasteiger partial charge in [0.2, 0.25) is 10.6 Å². The van der Waals surface area contributed by atoms with Crippen LogP contribution in [0.15, 0.2) is 52.2 Å². The van der Waals surface area contributed by atoms with Gasteiger partial charge in [0.1, 0.15) is 5.75 Å². The molecule has 118 valence electrons. The van der Waals surface area contributed by atoms with Crippen LogP contribution in [0.1, 0.15) is 19.4 Å². The van der Waals surface area contributed by atoms with E-state index in [-0.39, 0.29) is 6.10 Å². The summed E-state index contributed by atoms with van der Waals surface area (Å²) in [5.41, 5.74) is 0.926. The number of nitrogens with one attached hydrogen (secondary N) is 1. The summed E-state index contributed by atoms with van der Waals surface area (Å²) in [7, 11) is 0. The lowest BCUT2D eigenvalue weighted by Gasteiger charge is -2.09. The van der Waals surface area contributed by atoms with Crippen molar-refractivity contribution in [3.05, 3.63) is 53.0 Å². The number of furan rings is 1. The van der Waals surface area contributed by atoms with E-state index in [1.54, 1.807) is 24.6 Å². The normalized spacial score (nSPS) is 11.4. The van der Waals surface area contributed by atoms with Crippen LogP contribution in [0.4, 0.5) is 0 Å². The Hall–Kier alpha value is -2.67. The van der Waals surface area contributed by atoms with Crippen molar-refractivity contribution in [1.29, 1.82) is 0 Å². The van der Waals surface area contributed by atoms with Gasteiger partial charge in [-0.05, 0) is 68.0 Å². The highest BCUT2D eigenvalue weighted by molar-refractivity contribution is 7.71. The van der Waals surface area contributed by atoms with E-state index in [0.29, 0.717) is 16.4 Å². The molecule has 0 aliphatic rings. The van der Waals surface area contributed by atoms with Crippen LogP contribution in [0.3, 0.4) is 0 Å². The second-order valence-electron chi connectivity index (χ2n) is 5.12. The molecule has 7 heteroatoms. The van der Waals surface area contributed by atoms with E-state index in [1.165, 1.54) is 4.68 Å². The van der Waals surface area contributed by atoms with Crippen molar-refractivity contribution in [1.82, 2.24) is 14.9 Å². The monoisotopic (exact) mass is 328 g/mol. The summed E-state index contributed by atoms with van der Waals surface area (Å²) in [6, 6.07) is 11.3. The van der Waals surface area contributed by atoms with Gasteiger partial charge < -0.3 is 9.15 Å². The molecular formula is C16H16N4O2S. The molecule has 6 nitrogen and oxygen atoms in total. The summed E-state index contributed by atoms with van der Waals surface area (Å²) in [5.74, 6) is 1.94. The zero-order valence-corrected chi connectivity index (χ0v) is 13.6. The highest BCUT2D eigenvalue weighted by Crippen LogP contribution is 2.17. The van der Waals surface area contributed by atoms with E-state index < -0.39 is 0 Å². The average molecular weight is 328 g/mol. The number of hydrogen-bond acceptors (Lipinski definition) is 5. The topological polar surface area (TPSA) is 68.3 Å². The predicted molar refractivity (Wildman–Crippen MR) is 90.3 cm³/mol. The molecule has 0 amide bonds. The second kappa shape index (κ2) is 6.62. The van der Waals surface area contributed by atoms with Crippen LogP contribution in [0.2, 0.25) is 0 Å². The number of nitrogens with zero attached hydrogens (tertiary/aromatic N) is 3. The fraction of sp³-hybridized carbons (Fsp3) is 0.188. The lowest BCUT2D eigenvalue weighted by molar-refractivity contribution is 0.242. The Morgan fingerprint density at radius 2 is 2.09 bits per heavy atom. The Morgan fingerprint density at radius 3 is 2.74 bits per heavy atom. The first-order valence-corrected chi connectivity index (χ1v) is 7.56. The maximum Gasteiger partial charge on any atom is 0.219 e. The summed E-state index contributed by atoms with van der Waals surface area (Å²) in [6.07, 6.45) is 3.43.